The number of likely N-dealkylation sites (tertiary alicyclic amines) is 1. The van der Waals surface area contributed by atoms with E-state index in [4.69, 9.17) is 5.73 Å². The molecule has 4 aliphatic rings. The molecule has 4 rings (SSSR count). The fourth-order valence-electron chi connectivity index (χ4n) is 4.76. The highest BCUT2D eigenvalue weighted by atomic mass is 15.3. The Morgan fingerprint density at radius 2 is 2.00 bits per heavy atom. The second kappa shape index (κ2) is 5.10. The van der Waals surface area contributed by atoms with Crippen LogP contribution in [0.3, 0.4) is 0 Å². The Morgan fingerprint density at radius 1 is 1.28 bits per heavy atom. The standard InChI is InChI=1S/C15H29N3/c1-3-17-10-13-12-4-6-18(7-5-12)15(13)14(17)8-11(2)9-16/h11-15H,3-10,16H2,1-2H3. The Balaban J connectivity index is 1.77. The largest absolute Gasteiger partial charge is 0.330 e. The topological polar surface area (TPSA) is 32.5 Å². The maximum Gasteiger partial charge on any atom is 0.0294 e. The van der Waals surface area contributed by atoms with Crippen molar-refractivity contribution in [2.24, 2.45) is 23.5 Å². The average molecular weight is 251 g/mol. The number of nitrogens with two attached hydrogens (primary N) is 1. The van der Waals surface area contributed by atoms with Gasteiger partial charge in [0.1, 0.15) is 0 Å². The van der Waals surface area contributed by atoms with Crippen LogP contribution in [-0.2, 0) is 0 Å². The summed E-state index contributed by atoms with van der Waals surface area (Å²) in [5, 5.41) is 0. The van der Waals surface area contributed by atoms with E-state index < -0.39 is 0 Å². The van der Waals surface area contributed by atoms with Crippen molar-refractivity contribution in [1.29, 1.82) is 0 Å². The van der Waals surface area contributed by atoms with Crippen molar-refractivity contribution in [2.45, 2.75) is 45.2 Å². The SMILES string of the molecule is CCN1CC2C3CCN(CC3)C2C1CC(C)CN. The zero-order valence-electron chi connectivity index (χ0n) is 12.0. The number of hydrogen-bond donors (Lipinski definition) is 1. The van der Waals surface area contributed by atoms with Gasteiger partial charge >= 0.3 is 0 Å². The van der Waals surface area contributed by atoms with Crippen LogP contribution in [0.5, 0.6) is 0 Å². The van der Waals surface area contributed by atoms with Crippen molar-refractivity contribution in [1.82, 2.24) is 9.80 Å². The number of hydrogen-bond acceptors (Lipinski definition) is 3. The predicted molar refractivity (Wildman–Crippen MR) is 75.4 cm³/mol. The summed E-state index contributed by atoms with van der Waals surface area (Å²) >= 11 is 0. The Kier molecular flexibility index (Phi) is 3.65. The molecule has 4 unspecified atom stereocenters. The quantitative estimate of drug-likeness (QED) is 0.819. The monoisotopic (exact) mass is 251 g/mol. The van der Waals surface area contributed by atoms with E-state index in [1.165, 1.54) is 45.4 Å². The lowest BCUT2D eigenvalue weighted by Crippen LogP contribution is -2.57. The van der Waals surface area contributed by atoms with Gasteiger partial charge in [0.05, 0.1) is 0 Å². The number of rotatable bonds is 4. The fraction of sp³-hybridized carbons (Fsp3) is 1.00. The zero-order valence-corrected chi connectivity index (χ0v) is 12.0. The van der Waals surface area contributed by atoms with E-state index in [-0.39, 0.29) is 0 Å². The molecule has 4 atom stereocenters. The Hall–Kier alpha value is -0.120. The van der Waals surface area contributed by atoms with Gasteiger partial charge in [-0.2, -0.15) is 0 Å². The van der Waals surface area contributed by atoms with Gasteiger partial charge in [-0.25, -0.2) is 0 Å². The molecular weight excluding hydrogens is 222 g/mol. The highest BCUT2D eigenvalue weighted by Gasteiger charge is 2.51. The van der Waals surface area contributed by atoms with Crippen molar-refractivity contribution < 1.29 is 0 Å². The van der Waals surface area contributed by atoms with Gasteiger partial charge in [0.2, 0.25) is 0 Å². The Labute approximate surface area is 112 Å². The van der Waals surface area contributed by atoms with Crippen molar-refractivity contribution >= 4 is 0 Å². The first kappa shape index (κ1) is 12.9. The molecule has 0 spiro atoms. The average Bonchev–Trinajstić information content (AvgIpc) is 2.80. The first-order chi connectivity index (χ1) is 8.74. The summed E-state index contributed by atoms with van der Waals surface area (Å²) < 4.78 is 0. The van der Waals surface area contributed by atoms with E-state index in [2.05, 4.69) is 23.6 Å². The van der Waals surface area contributed by atoms with Gasteiger partial charge < -0.3 is 5.73 Å². The first-order valence-electron chi connectivity index (χ1n) is 7.92. The van der Waals surface area contributed by atoms with E-state index in [0.29, 0.717) is 5.92 Å². The minimum absolute atomic E-state index is 0.671. The number of nitrogens with zero attached hydrogens (tertiary/aromatic N) is 2. The van der Waals surface area contributed by atoms with Crippen molar-refractivity contribution in [3.8, 4) is 0 Å². The maximum absolute atomic E-state index is 5.85. The molecule has 4 fully saturated rings. The maximum atomic E-state index is 5.85. The summed E-state index contributed by atoms with van der Waals surface area (Å²) in [5.41, 5.74) is 5.85. The second-order valence-corrected chi connectivity index (χ2v) is 6.76. The van der Waals surface area contributed by atoms with Gasteiger partial charge in [-0.3, -0.25) is 9.80 Å². The number of piperidine rings is 3. The van der Waals surface area contributed by atoms with Gasteiger partial charge in [-0.15, -0.1) is 0 Å². The molecule has 0 radical (unpaired) electrons. The van der Waals surface area contributed by atoms with Crippen molar-refractivity contribution in [3.63, 3.8) is 0 Å². The number of fused-ring (bicyclic) bond motifs is 2. The van der Waals surface area contributed by atoms with Crippen LogP contribution in [0.15, 0.2) is 0 Å². The molecule has 18 heavy (non-hydrogen) atoms. The summed E-state index contributed by atoms with van der Waals surface area (Å²) in [5.74, 6) is 2.65. The van der Waals surface area contributed by atoms with Crippen LogP contribution in [0.4, 0.5) is 0 Å². The third-order valence-electron chi connectivity index (χ3n) is 5.80. The molecule has 0 aromatic rings. The molecule has 4 saturated heterocycles. The van der Waals surface area contributed by atoms with Crippen LogP contribution in [0.2, 0.25) is 0 Å². The van der Waals surface area contributed by atoms with E-state index in [1.54, 1.807) is 0 Å². The van der Waals surface area contributed by atoms with Crippen LogP contribution in [0, 0.1) is 17.8 Å². The first-order valence-corrected chi connectivity index (χ1v) is 7.92. The molecule has 4 aliphatic heterocycles. The molecule has 0 saturated carbocycles. The van der Waals surface area contributed by atoms with Crippen molar-refractivity contribution in [2.75, 3.05) is 32.7 Å². The second-order valence-electron chi connectivity index (χ2n) is 6.76. The predicted octanol–water partition coefficient (Wildman–Crippen LogP) is 1.39. The third kappa shape index (κ3) is 2.00. The van der Waals surface area contributed by atoms with E-state index in [9.17, 15) is 0 Å². The molecule has 0 aromatic heterocycles. The lowest BCUT2D eigenvalue weighted by atomic mass is 9.73. The summed E-state index contributed by atoms with van der Waals surface area (Å²) in [6, 6.07) is 1.63. The summed E-state index contributed by atoms with van der Waals surface area (Å²) in [4.78, 5) is 5.55. The van der Waals surface area contributed by atoms with Crippen LogP contribution in [0.1, 0.15) is 33.1 Å². The molecule has 3 nitrogen and oxygen atoms in total. The molecule has 0 aromatic carbocycles. The molecule has 3 heteroatoms. The van der Waals surface area contributed by atoms with Crippen LogP contribution < -0.4 is 5.73 Å². The highest BCUT2D eigenvalue weighted by molar-refractivity contribution is 5.06. The third-order valence-corrected chi connectivity index (χ3v) is 5.80. The van der Waals surface area contributed by atoms with Gasteiger partial charge in [0, 0.05) is 18.6 Å². The molecule has 2 bridgehead atoms. The van der Waals surface area contributed by atoms with Crippen LogP contribution >= 0.6 is 0 Å². The van der Waals surface area contributed by atoms with E-state index in [0.717, 1.165) is 30.5 Å². The molecule has 4 heterocycles. The summed E-state index contributed by atoms with van der Waals surface area (Å²) in [6.45, 7) is 10.8. The fourth-order valence-corrected chi connectivity index (χ4v) is 4.76. The molecule has 0 aliphatic carbocycles. The van der Waals surface area contributed by atoms with E-state index in [1.807, 2.05) is 0 Å². The zero-order chi connectivity index (χ0) is 12.7. The smallest absolute Gasteiger partial charge is 0.0294 e. The van der Waals surface area contributed by atoms with Gasteiger partial charge in [0.15, 0.2) is 0 Å². The molecular formula is C15H29N3. The lowest BCUT2D eigenvalue weighted by molar-refractivity contribution is 0.000520. The van der Waals surface area contributed by atoms with Gasteiger partial charge in [0.25, 0.3) is 0 Å². The normalized spacial score (nSPS) is 45.2. The summed E-state index contributed by atoms with van der Waals surface area (Å²) in [6.07, 6.45) is 4.21. The minimum Gasteiger partial charge on any atom is -0.330 e. The minimum atomic E-state index is 0.671. The Bertz CT molecular complexity index is 285. The molecule has 0 amide bonds. The number of likely N-dealkylation sites (N-methyl/N-ethyl adjacent to an activating group) is 1. The summed E-state index contributed by atoms with van der Waals surface area (Å²) in [7, 11) is 0. The van der Waals surface area contributed by atoms with Gasteiger partial charge in [-0.05, 0) is 63.2 Å². The van der Waals surface area contributed by atoms with Crippen molar-refractivity contribution in [3.05, 3.63) is 0 Å². The molecule has 104 valence electrons. The van der Waals surface area contributed by atoms with Crippen LogP contribution in [0.25, 0.3) is 0 Å². The van der Waals surface area contributed by atoms with Gasteiger partial charge in [-0.1, -0.05) is 13.8 Å². The van der Waals surface area contributed by atoms with Crippen LogP contribution in [-0.4, -0.2) is 54.6 Å². The molecule has 2 N–H and O–H groups in total. The van der Waals surface area contributed by atoms with E-state index >= 15 is 0 Å². The highest BCUT2D eigenvalue weighted by Crippen LogP contribution is 2.45. The lowest BCUT2D eigenvalue weighted by Gasteiger charge is -2.50. The Morgan fingerprint density at radius 3 is 2.61 bits per heavy atom.